The van der Waals surface area contributed by atoms with Crippen LogP contribution in [0.1, 0.15) is 35.1 Å². The number of fused-ring (bicyclic) bond motifs is 1. The van der Waals surface area contributed by atoms with E-state index in [1.807, 2.05) is 37.3 Å². The Kier molecular flexibility index (Phi) is 8.49. The lowest BCUT2D eigenvalue weighted by atomic mass is 9.83. The lowest BCUT2D eigenvalue weighted by molar-refractivity contribution is -0.141. The lowest BCUT2D eigenvalue weighted by Crippen LogP contribution is -2.29. The Balaban J connectivity index is 1.37. The van der Waals surface area contributed by atoms with Gasteiger partial charge in [0.15, 0.2) is 29.2 Å². The number of rotatable bonds is 9. The van der Waals surface area contributed by atoms with Crippen molar-refractivity contribution in [2.24, 2.45) is 5.73 Å². The summed E-state index contributed by atoms with van der Waals surface area (Å²) in [5.74, 6) is -0.527. The van der Waals surface area contributed by atoms with Crippen LogP contribution in [0.2, 0.25) is 0 Å². The van der Waals surface area contributed by atoms with Gasteiger partial charge in [-0.1, -0.05) is 54.1 Å². The van der Waals surface area contributed by atoms with Crippen molar-refractivity contribution < 1.29 is 32.9 Å². The molecule has 4 aromatic rings. The van der Waals surface area contributed by atoms with Gasteiger partial charge in [0.25, 0.3) is 0 Å². The zero-order chi connectivity index (χ0) is 30.5. The number of aryl methyl sites for hydroxylation is 1. The van der Waals surface area contributed by atoms with Gasteiger partial charge < -0.3 is 29.4 Å². The molecule has 43 heavy (non-hydrogen) atoms. The largest absolute Gasteiger partial charge is 0.493 e. The molecule has 9 heteroatoms. The summed E-state index contributed by atoms with van der Waals surface area (Å²) in [5.41, 5.74) is 9.93. The molecule has 0 aliphatic carbocycles. The van der Waals surface area contributed by atoms with Crippen molar-refractivity contribution in [3.8, 4) is 34.8 Å². The molecule has 0 aromatic heterocycles. The maximum absolute atomic E-state index is 13.9. The van der Waals surface area contributed by atoms with Gasteiger partial charge in [-0.3, -0.25) is 0 Å². The van der Waals surface area contributed by atoms with Crippen molar-refractivity contribution in [3.63, 3.8) is 0 Å². The van der Waals surface area contributed by atoms with Crippen molar-refractivity contribution in [2.75, 3.05) is 7.11 Å². The minimum absolute atomic E-state index is 0.0625. The molecule has 2 unspecified atom stereocenters. The van der Waals surface area contributed by atoms with Crippen LogP contribution in [0.5, 0.6) is 28.7 Å². The molecule has 1 aliphatic heterocycles. The Morgan fingerprint density at radius 3 is 2.51 bits per heavy atom. The predicted octanol–water partition coefficient (Wildman–Crippen LogP) is 6.31. The summed E-state index contributed by atoms with van der Waals surface area (Å²) in [5, 5.41) is 9.97. The third kappa shape index (κ3) is 6.39. The number of nitrogens with two attached hydrogens (primary N) is 1. The van der Waals surface area contributed by atoms with Crippen LogP contribution in [0, 0.1) is 24.1 Å². The molecule has 5 rings (SSSR count). The number of methoxy groups -OCH3 is 1. The SMILES string of the molecule is COc1cc(C2C(C#N)=C(N)Oc3cc(OC(=O)C(C)Oc4ccccc4F)ccc32)ccc1OCc1ccc(C)cc1. The number of hydrogen-bond donors (Lipinski definition) is 1. The summed E-state index contributed by atoms with van der Waals surface area (Å²) in [6, 6.07) is 26.2. The predicted molar refractivity (Wildman–Crippen MR) is 156 cm³/mol. The average Bonchev–Trinajstić information content (AvgIpc) is 3.01. The maximum Gasteiger partial charge on any atom is 0.352 e. The summed E-state index contributed by atoms with van der Waals surface area (Å²) in [6.07, 6.45) is -1.09. The van der Waals surface area contributed by atoms with Crippen LogP contribution in [0.15, 0.2) is 96.4 Å². The molecule has 0 radical (unpaired) electrons. The number of hydrogen-bond acceptors (Lipinski definition) is 8. The topological polar surface area (TPSA) is 113 Å². The molecule has 8 nitrogen and oxygen atoms in total. The van der Waals surface area contributed by atoms with Crippen LogP contribution in [-0.4, -0.2) is 19.2 Å². The van der Waals surface area contributed by atoms with Gasteiger partial charge in [0.1, 0.15) is 29.7 Å². The first-order valence-corrected chi connectivity index (χ1v) is 13.5. The first kappa shape index (κ1) is 29.0. The first-order valence-electron chi connectivity index (χ1n) is 13.5. The highest BCUT2D eigenvalue weighted by Gasteiger charge is 2.32. The Morgan fingerprint density at radius 2 is 1.79 bits per heavy atom. The van der Waals surface area contributed by atoms with Crippen LogP contribution in [-0.2, 0) is 11.4 Å². The van der Waals surface area contributed by atoms with Crippen molar-refractivity contribution in [1.82, 2.24) is 0 Å². The van der Waals surface area contributed by atoms with Gasteiger partial charge in [0.2, 0.25) is 5.88 Å². The van der Waals surface area contributed by atoms with E-state index in [4.69, 9.17) is 29.4 Å². The van der Waals surface area contributed by atoms with E-state index in [0.29, 0.717) is 29.4 Å². The highest BCUT2D eigenvalue weighted by Crippen LogP contribution is 2.45. The van der Waals surface area contributed by atoms with E-state index < -0.39 is 23.8 Å². The van der Waals surface area contributed by atoms with Gasteiger partial charge >= 0.3 is 5.97 Å². The van der Waals surface area contributed by atoms with Crippen molar-refractivity contribution in [1.29, 1.82) is 5.26 Å². The molecule has 0 bridgehead atoms. The number of ether oxygens (including phenoxy) is 5. The number of benzene rings is 4. The Bertz CT molecular complexity index is 1730. The third-order valence-corrected chi connectivity index (χ3v) is 6.92. The summed E-state index contributed by atoms with van der Waals surface area (Å²) in [4.78, 5) is 12.7. The van der Waals surface area contributed by atoms with Gasteiger partial charge in [0, 0.05) is 11.6 Å². The summed E-state index contributed by atoms with van der Waals surface area (Å²) < 4.78 is 42.3. The third-order valence-electron chi connectivity index (χ3n) is 6.92. The van der Waals surface area contributed by atoms with E-state index >= 15 is 0 Å². The Labute approximate surface area is 248 Å². The number of para-hydroxylation sites is 1. The molecule has 0 spiro atoms. The molecule has 0 saturated carbocycles. The van der Waals surface area contributed by atoms with E-state index in [1.165, 1.54) is 31.2 Å². The molecular formula is C34H29FN2O6. The van der Waals surface area contributed by atoms with Gasteiger partial charge in [-0.15, -0.1) is 0 Å². The monoisotopic (exact) mass is 580 g/mol. The highest BCUT2D eigenvalue weighted by atomic mass is 19.1. The fourth-order valence-electron chi connectivity index (χ4n) is 4.65. The number of carbonyl (C=O) groups excluding carboxylic acids is 1. The number of carbonyl (C=O) groups is 1. The van der Waals surface area contributed by atoms with E-state index in [-0.39, 0.29) is 23.0 Å². The number of allylic oxidation sites excluding steroid dienone is 1. The summed E-state index contributed by atoms with van der Waals surface area (Å²) in [6.45, 7) is 3.84. The number of nitriles is 1. The van der Waals surface area contributed by atoms with Crippen LogP contribution in [0.25, 0.3) is 0 Å². The Morgan fingerprint density at radius 1 is 1.02 bits per heavy atom. The summed E-state index contributed by atoms with van der Waals surface area (Å²) >= 11 is 0. The van der Waals surface area contributed by atoms with E-state index in [1.54, 1.807) is 37.4 Å². The van der Waals surface area contributed by atoms with Gasteiger partial charge in [-0.25, -0.2) is 9.18 Å². The van der Waals surface area contributed by atoms with Crippen molar-refractivity contribution in [3.05, 3.63) is 124 Å². The van der Waals surface area contributed by atoms with Crippen LogP contribution in [0.4, 0.5) is 4.39 Å². The minimum atomic E-state index is -1.09. The number of esters is 1. The second-order valence-electron chi connectivity index (χ2n) is 9.92. The van der Waals surface area contributed by atoms with Crippen molar-refractivity contribution >= 4 is 5.97 Å². The molecule has 2 atom stereocenters. The molecule has 218 valence electrons. The lowest BCUT2D eigenvalue weighted by Gasteiger charge is -2.27. The second-order valence-corrected chi connectivity index (χ2v) is 9.92. The fraction of sp³-hybridized carbons (Fsp3) is 0.176. The Hall–Kier alpha value is -5.49. The number of halogens is 1. The zero-order valence-electron chi connectivity index (χ0n) is 23.8. The fourth-order valence-corrected chi connectivity index (χ4v) is 4.65. The molecule has 1 heterocycles. The zero-order valence-corrected chi connectivity index (χ0v) is 23.8. The first-order chi connectivity index (χ1) is 20.8. The summed E-state index contributed by atoms with van der Waals surface area (Å²) in [7, 11) is 1.54. The molecular weight excluding hydrogens is 551 g/mol. The maximum atomic E-state index is 13.9. The molecule has 0 saturated heterocycles. The van der Waals surface area contributed by atoms with E-state index in [0.717, 1.165) is 16.7 Å². The van der Waals surface area contributed by atoms with Gasteiger partial charge in [0.05, 0.1) is 13.0 Å². The normalized spacial score (nSPS) is 14.5. The van der Waals surface area contributed by atoms with E-state index in [9.17, 15) is 14.4 Å². The van der Waals surface area contributed by atoms with Gasteiger partial charge in [-0.05, 0) is 55.3 Å². The van der Waals surface area contributed by atoms with Crippen LogP contribution in [0.3, 0.4) is 0 Å². The highest BCUT2D eigenvalue weighted by molar-refractivity contribution is 5.77. The molecule has 1 aliphatic rings. The van der Waals surface area contributed by atoms with Crippen LogP contribution >= 0.6 is 0 Å². The molecule has 4 aromatic carbocycles. The second kappa shape index (κ2) is 12.6. The van der Waals surface area contributed by atoms with Gasteiger partial charge in [-0.2, -0.15) is 5.26 Å². The van der Waals surface area contributed by atoms with E-state index in [2.05, 4.69) is 6.07 Å². The minimum Gasteiger partial charge on any atom is -0.493 e. The smallest absolute Gasteiger partial charge is 0.352 e. The molecule has 2 N–H and O–H groups in total. The number of nitrogens with zero attached hydrogens (tertiary/aromatic N) is 1. The molecule has 0 amide bonds. The van der Waals surface area contributed by atoms with Crippen molar-refractivity contribution in [2.45, 2.75) is 32.5 Å². The quantitative estimate of drug-likeness (QED) is 0.181. The standard InChI is InChI=1S/C34H29FN2O6/c1-20-8-10-22(11-9-20)19-40-29-15-12-23(16-31(29)39-3)32-25-14-13-24(17-30(25)43-33(37)26(32)18-36)42-34(38)21(2)41-28-7-5-4-6-27(28)35/h4-17,21,32H,19,37H2,1-3H3. The molecule has 0 fully saturated rings. The van der Waals surface area contributed by atoms with Crippen LogP contribution < -0.4 is 29.4 Å². The average molecular weight is 581 g/mol.